The molecule has 5 heteroatoms. The van der Waals surface area contributed by atoms with Crippen molar-refractivity contribution >= 4 is 28.8 Å². The molecular weight excluding hydrogens is 376 g/mol. The number of nitrogens with zero attached hydrogens (tertiary/aromatic N) is 1. The minimum absolute atomic E-state index is 0.145. The first kappa shape index (κ1) is 20.4. The standard InChI is InChI=1S/C22H29ClN2OS/c1-25(2)22(18-9-11-19(23)12-10-18)17-7-5-16(6-8-17)15-24-21(26)14-20-4-3-13-27-20/h3-4,9-13,16-17,22H,5-8,14-15H2,1-2H3,(H,24,26). The summed E-state index contributed by atoms with van der Waals surface area (Å²) >= 11 is 7.70. The van der Waals surface area contributed by atoms with Gasteiger partial charge in [0, 0.05) is 22.5 Å². The zero-order valence-electron chi connectivity index (χ0n) is 16.2. The molecule has 27 heavy (non-hydrogen) atoms. The summed E-state index contributed by atoms with van der Waals surface area (Å²) in [5, 5.41) is 5.95. The van der Waals surface area contributed by atoms with Gasteiger partial charge in [0.05, 0.1) is 6.42 Å². The van der Waals surface area contributed by atoms with Crippen molar-refractivity contribution in [2.24, 2.45) is 11.8 Å². The van der Waals surface area contributed by atoms with Crippen molar-refractivity contribution in [3.8, 4) is 0 Å². The second-order valence-corrected chi connectivity index (χ2v) is 9.27. The van der Waals surface area contributed by atoms with Crippen LogP contribution in [0.2, 0.25) is 5.02 Å². The number of carbonyl (C=O) groups excluding carboxylic acids is 1. The molecule has 0 bridgehead atoms. The van der Waals surface area contributed by atoms with Crippen molar-refractivity contribution in [1.29, 1.82) is 0 Å². The number of hydrogen-bond donors (Lipinski definition) is 1. The molecule has 1 heterocycles. The van der Waals surface area contributed by atoms with Gasteiger partial charge in [-0.15, -0.1) is 11.3 Å². The lowest BCUT2D eigenvalue weighted by atomic mass is 9.76. The molecule has 1 atom stereocenters. The molecular formula is C22H29ClN2OS. The quantitative estimate of drug-likeness (QED) is 0.690. The molecule has 1 N–H and O–H groups in total. The summed E-state index contributed by atoms with van der Waals surface area (Å²) in [5.41, 5.74) is 1.34. The minimum Gasteiger partial charge on any atom is -0.356 e. The van der Waals surface area contributed by atoms with Crippen LogP contribution in [0.15, 0.2) is 41.8 Å². The molecule has 1 aliphatic rings. The van der Waals surface area contributed by atoms with Crippen molar-refractivity contribution < 1.29 is 4.79 Å². The lowest BCUT2D eigenvalue weighted by molar-refractivity contribution is -0.120. The number of thiophene rings is 1. The third-order valence-electron chi connectivity index (χ3n) is 5.61. The maximum atomic E-state index is 12.1. The first-order valence-corrected chi connectivity index (χ1v) is 11.0. The molecule has 1 fully saturated rings. The number of halogens is 1. The van der Waals surface area contributed by atoms with E-state index in [1.807, 2.05) is 29.6 Å². The third-order valence-corrected chi connectivity index (χ3v) is 6.74. The third kappa shape index (κ3) is 5.81. The minimum atomic E-state index is 0.145. The van der Waals surface area contributed by atoms with Crippen LogP contribution in [0, 0.1) is 11.8 Å². The molecule has 1 unspecified atom stereocenters. The molecule has 0 radical (unpaired) electrons. The van der Waals surface area contributed by atoms with Crippen molar-refractivity contribution in [3.05, 3.63) is 57.2 Å². The van der Waals surface area contributed by atoms with Gasteiger partial charge in [0.1, 0.15) is 0 Å². The van der Waals surface area contributed by atoms with Crippen LogP contribution >= 0.6 is 22.9 Å². The van der Waals surface area contributed by atoms with Crippen LogP contribution in [0.3, 0.4) is 0 Å². The molecule has 1 aromatic heterocycles. The Morgan fingerprint density at radius 1 is 1.19 bits per heavy atom. The lowest BCUT2D eigenvalue weighted by Gasteiger charge is -2.37. The summed E-state index contributed by atoms with van der Waals surface area (Å²) in [6, 6.07) is 12.7. The first-order valence-electron chi connectivity index (χ1n) is 9.74. The van der Waals surface area contributed by atoms with E-state index in [9.17, 15) is 4.79 Å². The number of rotatable bonds is 7. The molecule has 0 aliphatic heterocycles. The maximum Gasteiger partial charge on any atom is 0.225 e. The normalized spacial score (nSPS) is 21.2. The predicted molar refractivity (Wildman–Crippen MR) is 114 cm³/mol. The monoisotopic (exact) mass is 404 g/mol. The van der Waals surface area contributed by atoms with E-state index in [1.165, 1.54) is 31.2 Å². The Morgan fingerprint density at radius 2 is 1.89 bits per heavy atom. The maximum absolute atomic E-state index is 12.1. The largest absolute Gasteiger partial charge is 0.356 e. The van der Waals surface area contributed by atoms with Crippen LogP contribution in [0.4, 0.5) is 0 Å². The molecule has 146 valence electrons. The number of hydrogen-bond acceptors (Lipinski definition) is 3. The zero-order valence-corrected chi connectivity index (χ0v) is 17.7. The summed E-state index contributed by atoms with van der Waals surface area (Å²) in [7, 11) is 4.33. The van der Waals surface area contributed by atoms with E-state index >= 15 is 0 Å². The summed E-state index contributed by atoms with van der Waals surface area (Å²) < 4.78 is 0. The number of amides is 1. The van der Waals surface area contributed by atoms with Crippen molar-refractivity contribution in [1.82, 2.24) is 10.2 Å². The second-order valence-electron chi connectivity index (χ2n) is 7.80. The molecule has 1 aliphatic carbocycles. The molecule has 3 rings (SSSR count). The van der Waals surface area contributed by atoms with Gasteiger partial charge in [-0.2, -0.15) is 0 Å². The Balaban J connectivity index is 1.48. The highest BCUT2D eigenvalue weighted by molar-refractivity contribution is 7.10. The molecule has 1 saturated carbocycles. The molecule has 0 saturated heterocycles. The van der Waals surface area contributed by atoms with Gasteiger partial charge in [-0.1, -0.05) is 29.8 Å². The Hall–Kier alpha value is -1.36. The van der Waals surface area contributed by atoms with Crippen LogP contribution in [0.1, 0.15) is 42.2 Å². The fraction of sp³-hybridized carbons (Fsp3) is 0.500. The van der Waals surface area contributed by atoms with Gasteiger partial charge in [-0.25, -0.2) is 0 Å². The van der Waals surface area contributed by atoms with Crippen LogP contribution in [0.25, 0.3) is 0 Å². The molecule has 1 amide bonds. The van der Waals surface area contributed by atoms with E-state index in [0.717, 1.165) is 16.4 Å². The van der Waals surface area contributed by atoms with Gasteiger partial charge in [0.25, 0.3) is 0 Å². The van der Waals surface area contributed by atoms with Gasteiger partial charge in [0.15, 0.2) is 0 Å². The van der Waals surface area contributed by atoms with E-state index in [-0.39, 0.29) is 5.91 Å². The van der Waals surface area contributed by atoms with Gasteiger partial charge < -0.3 is 10.2 Å². The Labute approximate surface area is 171 Å². The lowest BCUT2D eigenvalue weighted by Crippen LogP contribution is -2.35. The van der Waals surface area contributed by atoms with E-state index in [0.29, 0.717) is 24.3 Å². The Kier molecular flexibility index (Phi) is 7.33. The SMILES string of the molecule is CN(C)C(c1ccc(Cl)cc1)C1CCC(CNC(=O)Cc2cccs2)CC1. The van der Waals surface area contributed by atoms with E-state index in [1.54, 1.807) is 11.3 Å². The summed E-state index contributed by atoms with van der Waals surface area (Å²) in [4.78, 5) is 15.6. The van der Waals surface area contributed by atoms with Crippen LogP contribution in [0.5, 0.6) is 0 Å². The number of nitrogens with one attached hydrogen (secondary N) is 1. The number of carbonyl (C=O) groups is 1. The fourth-order valence-electron chi connectivity index (χ4n) is 4.25. The Bertz CT molecular complexity index is 706. The van der Waals surface area contributed by atoms with Crippen molar-refractivity contribution in [2.75, 3.05) is 20.6 Å². The summed E-state index contributed by atoms with van der Waals surface area (Å²) in [6.07, 6.45) is 5.28. The Morgan fingerprint density at radius 3 is 2.48 bits per heavy atom. The predicted octanol–water partition coefficient (Wildman–Crippen LogP) is 5.17. The molecule has 2 aromatic rings. The smallest absolute Gasteiger partial charge is 0.225 e. The fourth-order valence-corrected chi connectivity index (χ4v) is 5.08. The van der Waals surface area contributed by atoms with Crippen LogP contribution < -0.4 is 5.32 Å². The van der Waals surface area contributed by atoms with Crippen LogP contribution in [-0.4, -0.2) is 31.4 Å². The molecule has 3 nitrogen and oxygen atoms in total. The highest BCUT2D eigenvalue weighted by Gasteiger charge is 2.30. The highest BCUT2D eigenvalue weighted by Crippen LogP contribution is 2.39. The average Bonchev–Trinajstić information content (AvgIpc) is 3.15. The average molecular weight is 405 g/mol. The van der Waals surface area contributed by atoms with Gasteiger partial charge in [0.2, 0.25) is 5.91 Å². The van der Waals surface area contributed by atoms with E-state index in [4.69, 9.17) is 11.6 Å². The zero-order chi connectivity index (χ0) is 19.2. The van der Waals surface area contributed by atoms with Gasteiger partial charge >= 0.3 is 0 Å². The second kappa shape index (κ2) is 9.72. The first-order chi connectivity index (χ1) is 13.0. The highest BCUT2D eigenvalue weighted by atomic mass is 35.5. The van der Waals surface area contributed by atoms with Crippen molar-refractivity contribution in [3.63, 3.8) is 0 Å². The molecule has 0 spiro atoms. The number of benzene rings is 1. The molecule has 1 aromatic carbocycles. The van der Waals surface area contributed by atoms with E-state index < -0.39 is 0 Å². The van der Waals surface area contributed by atoms with E-state index in [2.05, 4.69) is 36.4 Å². The van der Waals surface area contributed by atoms with Gasteiger partial charge in [-0.3, -0.25) is 4.79 Å². The van der Waals surface area contributed by atoms with Crippen molar-refractivity contribution in [2.45, 2.75) is 38.1 Å². The summed E-state index contributed by atoms with van der Waals surface area (Å²) in [5.74, 6) is 1.40. The summed E-state index contributed by atoms with van der Waals surface area (Å²) in [6.45, 7) is 0.810. The van der Waals surface area contributed by atoms with Crippen LogP contribution in [-0.2, 0) is 11.2 Å². The topological polar surface area (TPSA) is 32.3 Å². The van der Waals surface area contributed by atoms with Gasteiger partial charge in [-0.05, 0) is 80.8 Å².